The number of benzene rings is 1. The molecule has 1 aromatic heterocycles. The van der Waals surface area contributed by atoms with Crippen LogP contribution in [0.1, 0.15) is 32.5 Å². The van der Waals surface area contributed by atoms with Gasteiger partial charge in [-0.25, -0.2) is 4.98 Å². The molecule has 1 atom stereocenters. The Morgan fingerprint density at radius 2 is 2.24 bits per heavy atom. The molecule has 4 nitrogen and oxygen atoms in total. The number of amides is 1. The number of aryl methyl sites for hydroxylation is 1. The van der Waals surface area contributed by atoms with Crippen molar-refractivity contribution >= 4 is 40.1 Å². The standard InChI is InChI=1S/C15H19Cl2N3O/c1-3-10(2)18-15(21)6-7-20-13-5-4-11(17)8-12(13)19-14(20)9-16/h4-5,8,10H,3,6-7,9H2,1-2H3,(H,18,21). The quantitative estimate of drug-likeness (QED) is 0.821. The number of nitrogens with zero attached hydrogens (tertiary/aromatic N) is 2. The van der Waals surface area contributed by atoms with Crippen molar-refractivity contribution in [2.75, 3.05) is 0 Å². The van der Waals surface area contributed by atoms with Crippen LogP contribution in [0.25, 0.3) is 11.0 Å². The van der Waals surface area contributed by atoms with Crippen LogP contribution in [0.5, 0.6) is 0 Å². The Kier molecular flexibility index (Phi) is 5.48. The van der Waals surface area contributed by atoms with Crippen LogP contribution >= 0.6 is 23.2 Å². The van der Waals surface area contributed by atoms with Gasteiger partial charge in [0.1, 0.15) is 5.82 Å². The molecule has 0 fully saturated rings. The molecule has 1 unspecified atom stereocenters. The molecular weight excluding hydrogens is 309 g/mol. The van der Waals surface area contributed by atoms with E-state index in [9.17, 15) is 4.79 Å². The fourth-order valence-electron chi connectivity index (χ4n) is 2.17. The fourth-order valence-corrected chi connectivity index (χ4v) is 2.54. The molecule has 0 bridgehead atoms. The largest absolute Gasteiger partial charge is 0.354 e. The van der Waals surface area contributed by atoms with E-state index in [0.29, 0.717) is 23.9 Å². The van der Waals surface area contributed by atoms with Crippen LogP contribution in [0.2, 0.25) is 5.02 Å². The predicted octanol–water partition coefficient (Wildman–Crippen LogP) is 3.73. The highest BCUT2D eigenvalue weighted by Crippen LogP contribution is 2.21. The maximum absolute atomic E-state index is 11.9. The summed E-state index contributed by atoms with van der Waals surface area (Å²) >= 11 is 11.9. The highest BCUT2D eigenvalue weighted by Gasteiger charge is 2.12. The lowest BCUT2D eigenvalue weighted by Crippen LogP contribution is -2.32. The summed E-state index contributed by atoms with van der Waals surface area (Å²) in [6.07, 6.45) is 1.33. The SMILES string of the molecule is CCC(C)NC(=O)CCn1c(CCl)nc2cc(Cl)ccc21. The molecule has 2 rings (SSSR count). The molecule has 0 radical (unpaired) electrons. The van der Waals surface area contributed by atoms with Crippen molar-refractivity contribution in [2.45, 2.75) is 45.2 Å². The number of halogens is 2. The molecule has 6 heteroatoms. The second-order valence-corrected chi connectivity index (χ2v) is 5.78. The molecule has 0 aliphatic rings. The van der Waals surface area contributed by atoms with Gasteiger partial charge in [-0.15, -0.1) is 11.6 Å². The van der Waals surface area contributed by atoms with Crippen LogP contribution < -0.4 is 5.32 Å². The smallest absolute Gasteiger partial charge is 0.221 e. The molecule has 2 aromatic rings. The van der Waals surface area contributed by atoms with Gasteiger partial charge in [0.2, 0.25) is 5.91 Å². The third kappa shape index (κ3) is 3.89. The lowest BCUT2D eigenvalue weighted by Gasteiger charge is -2.12. The first-order valence-electron chi connectivity index (χ1n) is 7.05. The fraction of sp³-hybridized carbons (Fsp3) is 0.467. The van der Waals surface area contributed by atoms with Gasteiger partial charge < -0.3 is 9.88 Å². The minimum absolute atomic E-state index is 0.0423. The van der Waals surface area contributed by atoms with Crippen LogP contribution in [0.4, 0.5) is 0 Å². The number of fused-ring (bicyclic) bond motifs is 1. The highest BCUT2D eigenvalue weighted by molar-refractivity contribution is 6.31. The number of rotatable bonds is 6. The van der Waals surface area contributed by atoms with Gasteiger partial charge in [0.05, 0.1) is 16.9 Å². The number of alkyl halides is 1. The zero-order valence-corrected chi connectivity index (χ0v) is 13.7. The lowest BCUT2D eigenvalue weighted by molar-refractivity contribution is -0.121. The van der Waals surface area contributed by atoms with E-state index in [1.54, 1.807) is 0 Å². The van der Waals surface area contributed by atoms with Crippen LogP contribution in [0, 0.1) is 0 Å². The monoisotopic (exact) mass is 327 g/mol. The van der Waals surface area contributed by atoms with Gasteiger partial charge in [0, 0.05) is 24.0 Å². The molecular formula is C15H19Cl2N3O. The topological polar surface area (TPSA) is 46.9 Å². The predicted molar refractivity (Wildman–Crippen MR) is 86.8 cm³/mol. The van der Waals surface area contributed by atoms with Crippen LogP contribution in [0.3, 0.4) is 0 Å². The summed E-state index contributed by atoms with van der Waals surface area (Å²) in [5, 5.41) is 3.60. The van der Waals surface area contributed by atoms with Gasteiger partial charge in [-0.1, -0.05) is 18.5 Å². The van der Waals surface area contributed by atoms with E-state index in [1.807, 2.05) is 36.6 Å². The number of hydrogen-bond donors (Lipinski definition) is 1. The van der Waals surface area contributed by atoms with Crippen LogP contribution in [-0.2, 0) is 17.2 Å². The summed E-state index contributed by atoms with van der Waals surface area (Å²) in [5.74, 6) is 1.10. The van der Waals surface area contributed by atoms with E-state index in [-0.39, 0.29) is 11.9 Å². The zero-order valence-electron chi connectivity index (χ0n) is 12.2. The molecule has 0 saturated heterocycles. The van der Waals surface area contributed by atoms with E-state index < -0.39 is 0 Å². The number of carbonyl (C=O) groups is 1. The number of hydrogen-bond acceptors (Lipinski definition) is 2. The van der Waals surface area contributed by atoms with Crippen LogP contribution in [0.15, 0.2) is 18.2 Å². The van der Waals surface area contributed by atoms with Gasteiger partial charge in [-0.3, -0.25) is 4.79 Å². The molecule has 114 valence electrons. The summed E-state index contributed by atoms with van der Waals surface area (Å²) in [7, 11) is 0. The second kappa shape index (κ2) is 7.14. The maximum Gasteiger partial charge on any atom is 0.221 e. The minimum Gasteiger partial charge on any atom is -0.354 e. The molecule has 0 spiro atoms. The van der Waals surface area contributed by atoms with Crippen molar-refractivity contribution in [3.8, 4) is 0 Å². The first-order valence-corrected chi connectivity index (χ1v) is 7.96. The molecule has 21 heavy (non-hydrogen) atoms. The summed E-state index contributed by atoms with van der Waals surface area (Å²) < 4.78 is 1.98. The number of aromatic nitrogens is 2. The van der Waals surface area contributed by atoms with E-state index >= 15 is 0 Å². The van der Waals surface area contributed by atoms with E-state index in [2.05, 4.69) is 10.3 Å². The van der Waals surface area contributed by atoms with Crippen molar-refractivity contribution in [3.63, 3.8) is 0 Å². The average molecular weight is 328 g/mol. The normalized spacial score (nSPS) is 12.6. The van der Waals surface area contributed by atoms with Crippen molar-refractivity contribution in [1.82, 2.24) is 14.9 Å². The Morgan fingerprint density at radius 3 is 2.90 bits per heavy atom. The van der Waals surface area contributed by atoms with Gasteiger partial charge in [0.15, 0.2) is 0 Å². The van der Waals surface area contributed by atoms with Gasteiger partial charge in [-0.05, 0) is 31.5 Å². The summed E-state index contributed by atoms with van der Waals surface area (Å²) in [6.45, 7) is 4.60. The molecule has 0 saturated carbocycles. The Hall–Kier alpha value is -1.26. The molecule has 1 amide bonds. The van der Waals surface area contributed by atoms with E-state index in [0.717, 1.165) is 23.3 Å². The lowest BCUT2D eigenvalue weighted by atomic mass is 10.2. The van der Waals surface area contributed by atoms with E-state index in [1.165, 1.54) is 0 Å². The van der Waals surface area contributed by atoms with Crippen LogP contribution in [-0.4, -0.2) is 21.5 Å². The van der Waals surface area contributed by atoms with Crippen molar-refractivity contribution < 1.29 is 4.79 Å². The van der Waals surface area contributed by atoms with E-state index in [4.69, 9.17) is 23.2 Å². The minimum atomic E-state index is 0.0423. The van der Waals surface area contributed by atoms with Gasteiger partial charge in [0.25, 0.3) is 0 Å². The first-order chi connectivity index (χ1) is 10.0. The van der Waals surface area contributed by atoms with Gasteiger partial charge >= 0.3 is 0 Å². The maximum atomic E-state index is 11.9. The Balaban J connectivity index is 2.15. The molecule has 1 heterocycles. The third-order valence-corrected chi connectivity index (χ3v) is 3.97. The highest BCUT2D eigenvalue weighted by atomic mass is 35.5. The Bertz CT molecular complexity index is 639. The Labute approximate surface area is 134 Å². The molecule has 0 aliphatic carbocycles. The number of imidazole rings is 1. The number of carbonyl (C=O) groups excluding carboxylic acids is 1. The van der Waals surface area contributed by atoms with Crippen molar-refractivity contribution in [2.24, 2.45) is 0 Å². The molecule has 1 N–H and O–H groups in total. The summed E-state index contributed by atoms with van der Waals surface area (Å²) in [5.41, 5.74) is 1.76. The Morgan fingerprint density at radius 1 is 1.48 bits per heavy atom. The summed E-state index contributed by atoms with van der Waals surface area (Å²) in [6, 6.07) is 5.73. The number of nitrogens with one attached hydrogen (secondary N) is 1. The van der Waals surface area contributed by atoms with Gasteiger partial charge in [-0.2, -0.15) is 0 Å². The average Bonchev–Trinajstić information content (AvgIpc) is 2.81. The second-order valence-electron chi connectivity index (χ2n) is 5.07. The summed E-state index contributed by atoms with van der Waals surface area (Å²) in [4.78, 5) is 16.4. The van der Waals surface area contributed by atoms with Crippen molar-refractivity contribution in [1.29, 1.82) is 0 Å². The zero-order chi connectivity index (χ0) is 15.4. The molecule has 0 aliphatic heterocycles. The molecule has 1 aromatic carbocycles. The third-order valence-electron chi connectivity index (χ3n) is 3.49. The van der Waals surface area contributed by atoms with Crippen molar-refractivity contribution in [3.05, 3.63) is 29.0 Å². The first kappa shape index (κ1) is 16.1.